The molecule has 0 radical (unpaired) electrons. The van der Waals surface area contributed by atoms with Crippen molar-refractivity contribution < 1.29 is 18.0 Å². The fourth-order valence-corrected chi connectivity index (χ4v) is 3.77. The number of Topliss-reactive ketones (excluding diaryl/α,β-unsaturated/α-hetero) is 1. The van der Waals surface area contributed by atoms with Gasteiger partial charge in [0, 0.05) is 12.1 Å². The molecular formula is C12H12N2O4S. The lowest BCUT2D eigenvalue weighted by Crippen LogP contribution is -2.55. The highest BCUT2D eigenvalue weighted by molar-refractivity contribution is 7.89. The van der Waals surface area contributed by atoms with E-state index in [-0.39, 0.29) is 17.0 Å². The third-order valence-corrected chi connectivity index (χ3v) is 4.74. The van der Waals surface area contributed by atoms with Crippen LogP contribution in [0.4, 0.5) is 0 Å². The van der Waals surface area contributed by atoms with Crippen molar-refractivity contribution in [1.82, 2.24) is 4.31 Å². The largest absolute Gasteiger partial charge is 0.368 e. The maximum absolute atomic E-state index is 12.4. The molecule has 1 aromatic carbocycles. The van der Waals surface area contributed by atoms with Gasteiger partial charge in [0.15, 0.2) is 11.8 Å². The first-order valence-corrected chi connectivity index (χ1v) is 6.90. The van der Waals surface area contributed by atoms with Crippen LogP contribution in [0.25, 0.3) is 0 Å². The van der Waals surface area contributed by atoms with Crippen LogP contribution in [0.5, 0.6) is 0 Å². The number of hydrogen-bond donors (Lipinski definition) is 1. The van der Waals surface area contributed by atoms with E-state index in [1.807, 2.05) is 0 Å². The Morgan fingerprint density at radius 3 is 2.63 bits per heavy atom. The van der Waals surface area contributed by atoms with Crippen molar-refractivity contribution in [3.05, 3.63) is 42.5 Å². The molecule has 1 aliphatic heterocycles. The van der Waals surface area contributed by atoms with Gasteiger partial charge in [-0.1, -0.05) is 18.2 Å². The number of ketones is 1. The summed E-state index contributed by atoms with van der Waals surface area (Å²) >= 11 is 0. The lowest BCUT2D eigenvalue weighted by atomic mass is 10.0. The monoisotopic (exact) mass is 280 g/mol. The van der Waals surface area contributed by atoms with Gasteiger partial charge in [-0.25, -0.2) is 8.42 Å². The van der Waals surface area contributed by atoms with Gasteiger partial charge in [-0.3, -0.25) is 9.59 Å². The topological polar surface area (TPSA) is 97.5 Å². The molecular weight excluding hydrogens is 268 g/mol. The zero-order chi connectivity index (χ0) is 14.2. The van der Waals surface area contributed by atoms with Gasteiger partial charge in [0.1, 0.15) is 0 Å². The van der Waals surface area contributed by atoms with Gasteiger partial charge in [-0.05, 0) is 12.1 Å². The van der Waals surface area contributed by atoms with Gasteiger partial charge >= 0.3 is 0 Å². The van der Waals surface area contributed by atoms with E-state index in [1.165, 1.54) is 30.3 Å². The lowest BCUT2D eigenvalue weighted by molar-refractivity contribution is -0.120. The number of primary amides is 1. The third-order valence-electron chi connectivity index (χ3n) is 2.85. The molecule has 1 atom stereocenters. The molecule has 0 saturated carbocycles. The van der Waals surface area contributed by atoms with Crippen molar-refractivity contribution in [2.75, 3.05) is 6.54 Å². The number of amides is 1. The summed E-state index contributed by atoms with van der Waals surface area (Å²) in [6.45, 7) is 3.27. The number of nitrogens with zero attached hydrogens (tertiary/aromatic N) is 1. The van der Waals surface area contributed by atoms with Crippen LogP contribution in [0, 0.1) is 0 Å². The number of sulfonamides is 1. The minimum Gasteiger partial charge on any atom is -0.368 e. The molecule has 100 valence electrons. The van der Waals surface area contributed by atoms with Crippen LogP contribution in [-0.2, 0) is 14.8 Å². The maximum Gasteiger partial charge on any atom is 0.245 e. The first kappa shape index (κ1) is 13.4. The molecule has 6 nitrogen and oxygen atoms in total. The Hall–Kier alpha value is -1.99. The van der Waals surface area contributed by atoms with Gasteiger partial charge < -0.3 is 5.73 Å². The highest BCUT2D eigenvalue weighted by atomic mass is 32.2. The van der Waals surface area contributed by atoms with E-state index in [0.717, 1.165) is 4.31 Å². The first-order valence-electron chi connectivity index (χ1n) is 5.46. The molecule has 1 aromatic rings. The number of carbonyl (C=O) groups excluding carboxylic acids is 2. The lowest BCUT2D eigenvalue weighted by Gasteiger charge is -2.32. The first-order chi connectivity index (χ1) is 8.91. The van der Waals surface area contributed by atoms with Gasteiger partial charge in [-0.15, -0.1) is 6.58 Å². The van der Waals surface area contributed by atoms with E-state index in [2.05, 4.69) is 6.58 Å². The van der Waals surface area contributed by atoms with E-state index < -0.39 is 27.8 Å². The summed E-state index contributed by atoms with van der Waals surface area (Å²) in [5.41, 5.74) is 5.15. The fraction of sp³-hybridized carbons (Fsp3) is 0.167. The third kappa shape index (κ3) is 1.96. The van der Waals surface area contributed by atoms with Crippen LogP contribution < -0.4 is 5.73 Å². The molecule has 1 aliphatic rings. The Labute approximate surface area is 110 Å². The van der Waals surface area contributed by atoms with Crippen LogP contribution in [0.15, 0.2) is 41.8 Å². The number of nitrogens with two attached hydrogens (primary N) is 1. The van der Waals surface area contributed by atoms with Crippen molar-refractivity contribution >= 4 is 21.7 Å². The van der Waals surface area contributed by atoms with Crippen molar-refractivity contribution in [1.29, 1.82) is 0 Å². The molecule has 0 aromatic heterocycles. The molecule has 2 rings (SSSR count). The smallest absolute Gasteiger partial charge is 0.245 e. The summed E-state index contributed by atoms with van der Waals surface area (Å²) < 4.78 is 25.5. The van der Waals surface area contributed by atoms with E-state index in [9.17, 15) is 18.0 Å². The Bertz CT molecular complexity index is 666. The Morgan fingerprint density at radius 1 is 1.42 bits per heavy atom. The normalized spacial score (nSPS) is 21.7. The Kier molecular flexibility index (Phi) is 3.25. The second-order valence-corrected chi connectivity index (χ2v) is 5.89. The summed E-state index contributed by atoms with van der Waals surface area (Å²) in [4.78, 5) is 23.5. The van der Waals surface area contributed by atoms with E-state index >= 15 is 0 Å². The second kappa shape index (κ2) is 4.60. The average Bonchev–Trinajstić information content (AvgIpc) is 2.36. The summed E-state index contributed by atoms with van der Waals surface area (Å²) in [7, 11) is -3.93. The van der Waals surface area contributed by atoms with Gasteiger partial charge in [0.05, 0.1) is 4.90 Å². The van der Waals surface area contributed by atoms with Crippen molar-refractivity contribution in [3.8, 4) is 0 Å². The number of carbonyl (C=O) groups is 2. The number of hydrogen-bond acceptors (Lipinski definition) is 4. The minimum atomic E-state index is -3.93. The molecule has 19 heavy (non-hydrogen) atoms. The number of benzene rings is 1. The molecule has 1 heterocycles. The molecule has 1 amide bonds. The average molecular weight is 280 g/mol. The summed E-state index contributed by atoms with van der Waals surface area (Å²) in [5.74, 6) is -1.61. The highest BCUT2D eigenvalue weighted by Crippen LogP contribution is 2.29. The SMILES string of the molecule is C=CCN1C(C(N)=O)C(=O)c2ccccc2S1(=O)=O. The zero-order valence-electron chi connectivity index (χ0n) is 9.94. The maximum atomic E-state index is 12.4. The minimum absolute atomic E-state index is 0.00777. The van der Waals surface area contributed by atoms with Crippen LogP contribution >= 0.6 is 0 Å². The van der Waals surface area contributed by atoms with E-state index in [1.54, 1.807) is 0 Å². The van der Waals surface area contributed by atoms with Gasteiger partial charge in [0.2, 0.25) is 15.9 Å². The van der Waals surface area contributed by atoms with Gasteiger partial charge in [0.25, 0.3) is 0 Å². The predicted molar refractivity (Wildman–Crippen MR) is 67.8 cm³/mol. The molecule has 1 unspecified atom stereocenters. The number of fused-ring (bicyclic) bond motifs is 1. The van der Waals surface area contributed by atoms with Crippen LogP contribution in [-0.4, -0.2) is 37.0 Å². The zero-order valence-corrected chi connectivity index (χ0v) is 10.8. The van der Waals surface area contributed by atoms with Crippen LogP contribution in [0.1, 0.15) is 10.4 Å². The molecule has 0 aliphatic carbocycles. The predicted octanol–water partition coefficient (Wildman–Crippen LogP) is -0.0865. The van der Waals surface area contributed by atoms with Crippen molar-refractivity contribution in [2.24, 2.45) is 5.73 Å². The summed E-state index contributed by atoms with van der Waals surface area (Å²) in [6, 6.07) is 4.23. The van der Waals surface area contributed by atoms with E-state index in [4.69, 9.17) is 5.73 Å². The van der Waals surface area contributed by atoms with Crippen molar-refractivity contribution in [2.45, 2.75) is 10.9 Å². The molecule has 2 N–H and O–H groups in total. The molecule has 7 heteroatoms. The molecule has 0 spiro atoms. The van der Waals surface area contributed by atoms with Gasteiger partial charge in [-0.2, -0.15) is 4.31 Å². The van der Waals surface area contributed by atoms with Crippen LogP contribution in [0.2, 0.25) is 0 Å². The van der Waals surface area contributed by atoms with E-state index in [0.29, 0.717) is 0 Å². The Balaban J connectivity index is 2.73. The standard InChI is InChI=1S/C12H12N2O4S/c1-2-7-14-10(12(13)16)11(15)8-5-3-4-6-9(8)19(14,17)18/h2-6,10H,1,7H2,(H2,13,16). The number of rotatable bonds is 3. The van der Waals surface area contributed by atoms with Crippen molar-refractivity contribution in [3.63, 3.8) is 0 Å². The van der Waals surface area contributed by atoms with Crippen LogP contribution in [0.3, 0.4) is 0 Å². The Morgan fingerprint density at radius 2 is 2.05 bits per heavy atom. The molecule has 0 bridgehead atoms. The second-order valence-electron chi connectivity index (χ2n) is 4.03. The highest BCUT2D eigenvalue weighted by Gasteiger charge is 2.45. The molecule has 0 fully saturated rings. The quantitative estimate of drug-likeness (QED) is 0.618. The summed E-state index contributed by atoms with van der Waals surface area (Å²) in [6.07, 6.45) is 1.30. The fourth-order valence-electron chi connectivity index (χ4n) is 2.04. The summed E-state index contributed by atoms with van der Waals surface area (Å²) in [5, 5.41) is 0. The molecule has 0 saturated heterocycles.